The molecule has 1 N–H and O–H groups in total. The minimum Gasteiger partial charge on any atom is -0.391 e. The fourth-order valence-electron chi connectivity index (χ4n) is 2.59. The van der Waals surface area contributed by atoms with E-state index < -0.39 is 0 Å². The molecule has 4 heteroatoms. The highest BCUT2D eigenvalue weighted by molar-refractivity contribution is 4.88. The fraction of sp³-hybridized carbons (Fsp3) is 0.833. The van der Waals surface area contributed by atoms with Crippen molar-refractivity contribution < 1.29 is 5.11 Å². The van der Waals surface area contributed by atoms with E-state index >= 15 is 0 Å². The van der Waals surface area contributed by atoms with Crippen LogP contribution in [0.5, 0.6) is 0 Å². The molecular formula is C12H21N3O. The Hall–Kier alpha value is -0.900. The van der Waals surface area contributed by atoms with E-state index in [-0.39, 0.29) is 12.1 Å². The zero-order valence-electron chi connectivity index (χ0n) is 10.3. The Morgan fingerprint density at radius 1 is 1.31 bits per heavy atom. The van der Waals surface area contributed by atoms with Gasteiger partial charge in [-0.15, -0.1) is 0 Å². The van der Waals surface area contributed by atoms with Crippen molar-refractivity contribution in [2.24, 2.45) is 11.3 Å². The summed E-state index contributed by atoms with van der Waals surface area (Å²) in [5, 5.41) is 14.2. The highest BCUT2D eigenvalue weighted by Gasteiger charge is 2.36. The summed E-state index contributed by atoms with van der Waals surface area (Å²) < 4.78 is 1.81. The molecule has 3 unspecified atom stereocenters. The molecule has 0 aliphatic heterocycles. The zero-order chi connectivity index (χ0) is 11.8. The van der Waals surface area contributed by atoms with Crippen LogP contribution in [0.2, 0.25) is 0 Å². The molecule has 90 valence electrons. The standard InChI is InChI=1S/C12H21N3O/c1-12(2,3)9-4-5-11(16)10(6-9)15-8-13-7-14-15/h7-11,16H,4-6H2,1-3H3. The van der Waals surface area contributed by atoms with E-state index in [1.54, 1.807) is 6.33 Å². The van der Waals surface area contributed by atoms with Crippen LogP contribution in [0, 0.1) is 11.3 Å². The number of rotatable bonds is 1. The average Bonchev–Trinajstić information content (AvgIpc) is 2.69. The first-order chi connectivity index (χ1) is 7.48. The predicted octanol–water partition coefficient (Wildman–Crippen LogP) is 2.03. The summed E-state index contributed by atoms with van der Waals surface area (Å²) in [7, 11) is 0. The lowest BCUT2D eigenvalue weighted by atomic mass is 9.70. The Morgan fingerprint density at radius 2 is 2.06 bits per heavy atom. The van der Waals surface area contributed by atoms with Crippen LogP contribution in [0.15, 0.2) is 12.7 Å². The van der Waals surface area contributed by atoms with Gasteiger partial charge in [-0.1, -0.05) is 20.8 Å². The molecule has 16 heavy (non-hydrogen) atoms. The molecule has 0 bridgehead atoms. The summed E-state index contributed by atoms with van der Waals surface area (Å²) in [5.74, 6) is 0.644. The molecule has 2 rings (SSSR count). The van der Waals surface area contributed by atoms with Crippen LogP contribution in [0.1, 0.15) is 46.1 Å². The zero-order valence-corrected chi connectivity index (χ0v) is 10.3. The van der Waals surface area contributed by atoms with Crippen molar-refractivity contribution in [3.8, 4) is 0 Å². The monoisotopic (exact) mass is 223 g/mol. The second-order valence-corrected chi connectivity index (χ2v) is 5.89. The van der Waals surface area contributed by atoms with Crippen molar-refractivity contribution in [2.45, 2.75) is 52.2 Å². The van der Waals surface area contributed by atoms with Crippen LogP contribution in [0.4, 0.5) is 0 Å². The molecule has 1 aromatic heterocycles. The third-order valence-electron chi connectivity index (χ3n) is 3.78. The molecule has 1 aromatic rings. The average molecular weight is 223 g/mol. The molecular weight excluding hydrogens is 202 g/mol. The van der Waals surface area contributed by atoms with Crippen LogP contribution in [0.25, 0.3) is 0 Å². The molecule has 3 atom stereocenters. The van der Waals surface area contributed by atoms with E-state index in [0.29, 0.717) is 11.3 Å². The molecule has 1 fully saturated rings. The minimum absolute atomic E-state index is 0.0977. The van der Waals surface area contributed by atoms with Crippen LogP contribution in [-0.4, -0.2) is 26.0 Å². The summed E-state index contributed by atoms with van der Waals surface area (Å²) in [6.45, 7) is 6.81. The summed E-state index contributed by atoms with van der Waals surface area (Å²) in [4.78, 5) is 3.96. The molecule has 0 amide bonds. The van der Waals surface area contributed by atoms with Gasteiger partial charge >= 0.3 is 0 Å². The summed E-state index contributed by atoms with van der Waals surface area (Å²) in [5.41, 5.74) is 0.305. The summed E-state index contributed by atoms with van der Waals surface area (Å²) >= 11 is 0. The molecule has 0 saturated heterocycles. The molecule has 4 nitrogen and oxygen atoms in total. The first-order valence-electron chi connectivity index (χ1n) is 6.00. The van der Waals surface area contributed by atoms with Gasteiger partial charge in [0.2, 0.25) is 0 Å². The molecule has 1 heterocycles. The van der Waals surface area contributed by atoms with E-state index in [0.717, 1.165) is 19.3 Å². The first kappa shape index (κ1) is 11.6. The number of hydrogen-bond donors (Lipinski definition) is 1. The van der Waals surface area contributed by atoms with Gasteiger partial charge in [0, 0.05) is 0 Å². The van der Waals surface area contributed by atoms with Crippen LogP contribution >= 0.6 is 0 Å². The Bertz CT molecular complexity index is 329. The molecule has 1 aliphatic carbocycles. The molecule has 0 spiro atoms. The topological polar surface area (TPSA) is 50.9 Å². The van der Waals surface area contributed by atoms with Gasteiger partial charge in [0.1, 0.15) is 12.7 Å². The lowest BCUT2D eigenvalue weighted by molar-refractivity contribution is 0.0204. The normalized spacial score (nSPS) is 31.6. The van der Waals surface area contributed by atoms with Gasteiger partial charge in [0.05, 0.1) is 12.1 Å². The Balaban J connectivity index is 2.13. The lowest BCUT2D eigenvalue weighted by Gasteiger charge is -2.39. The van der Waals surface area contributed by atoms with Crippen molar-refractivity contribution in [3.63, 3.8) is 0 Å². The second kappa shape index (κ2) is 4.17. The van der Waals surface area contributed by atoms with Gasteiger partial charge in [-0.05, 0) is 30.6 Å². The molecule has 1 saturated carbocycles. The number of aliphatic hydroxyl groups is 1. The highest BCUT2D eigenvalue weighted by atomic mass is 16.3. The second-order valence-electron chi connectivity index (χ2n) is 5.89. The molecule has 0 radical (unpaired) electrons. The van der Waals surface area contributed by atoms with Crippen molar-refractivity contribution in [2.75, 3.05) is 0 Å². The van der Waals surface area contributed by atoms with Gasteiger partial charge in [0.15, 0.2) is 0 Å². The predicted molar refractivity (Wildman–Crippen MR) is 61.9 cm³/mol. The summed E-state index contributed by atoms with van der Waals surface area (Å²) in [6.07, 6.45) is 5.93. The first-order valence-corrected chi connectivity index (χ1v) is 6.00. The minimum atomic E-state index is -0.278. The largest absolute Gasteiger partial charge is 0.391 e. The van der Waals surface area contributed by atoms with Gasteiger partial charge < -0.3 is 5.11 Å². The van der Waals surface area contributed by atoms with E-state index in [9.17, 15) is 5.11 Å². The fourth-order valence-corrected chi connectivity index (χ4v) is 2.59. The quantitative estimate of drug-likeness (QED) is 0.792. The number of hydrogen-bond acceptors (Lipinski definition) is 3. The van der Waals surface area contributed by atoms with Crippen molar-refractivity contribution in [1.82, 2.24) is 14.8 Å². The maximum atomic E-state index is 10.0. The van der Waals surface area contributed by atoms with Gasteiger partial charge in [-0.3, -0.25) is 0 Å². The third-order valence-corrected chi connectivity index (χ3v) is 3.78. The van der Waals surface area contributed by atoms with Crippen LogP contribution in [-0.2, 0) is 0 Å². The highest BCUT2D eigenvalue weighted by Crippen LogP contribution is 2.41. The number of aliphatic hydroxyl groups excluding tert-OH is 1. The maximum Gasteiger partial charge on any atom is 0.137 e. The molecule has 1 aliphatic rings. The van der Waals surface area contributed by atoms with Crippen LogP contribution in [0.3, 0.4) is 0 Å². The van der Waals surface area contributed by atoms with Crippen LogP contribution < -0.4 is 0 Å². The molecule has 0 aromatic carbocycles. The Morgan fingerprint density at radius 3 is 2.62 bits per heavy atom. The third kappa shape index (κ3) is 2.26. The van der Waals surface area contributed by atoms with E-state index in [4.69, 9.17) is 0 Å². The van der Waals surface area contributed by atoms with E-state index in [1.807, 2.05) is 4.68 Å². The van der Waals surface area contributed by atoms with Crippen molar-refractivity contribution >= 4 is 0 Å². The SMILES string of the molecule is CC(C)(C)C1CCC(O)C(n2cncn2)C1. The van der Waals surface area contributed by atoms with E-state index in [2.05, 4.69) is 30.9 Å². The smallest absolute Gasteiger partial charge is 0.137 e. The number of nitrogens with zero attached hydrogens (tertiary/aromatic N) is 3. The summed E-state index contributed by atoms with van der Waals surface area (Å²) in [6, 6.07) is 0.0977. The van der Waals surface area contributed by atoms with Gasteiger partial charge in [-0.2, -0.15) is 5.10 Å². The van der Waals surface area contributed by atoms with Crippen molar-refractivity contribution in [3.05, 3.63) is 12.7 Å². The lowest BCUT2D eigenvalue weighted by Crippen LogP contribution is -2.36. The van der Waals surface area contributed by atoms with E-state index in [1.165, 1.54) is 6.33 Å². The van der Waals surface area contributed by atoms with Gasteiger partial charge in [0.25, 0.3) is 0 Å². The van der Waals surface area contributed by atoms with Gasteiger partial charge in [-0.25, -0.2) is 9.67 Å². The number of aromatic nitrogens is 3. The Kier molecular flexibility index (Phi) is 3.02. The van der Waals surface area contributed by atoms with Crippen molar-refractivity contribution in [1.29, 1.82) is 0 Å². The Labute approximate surface area is 96.7 Å². The maximum absolute atomic E-state index is 10.0.